The molecule has 0 N–H and O–H groups in total. The first-order valence-electron chi connectivity index (χ1n) is 1.99. The Morgan fingerprint density at radius 2 is 2.14 bits per heavy atom. The van der Waals surface area contributed by atoms with E-state index in [1.165, 1.54) is 0 Å². The second-order valence-corrected chi connectivity index (χ2v) is 1.14. The molecule has 0 saturated heterocycles. The number of halogens is 2. The van der Waals surface area contributed by atoms with Crippen LogP contribution in [0.2, 0.25) is 0 Å². The predicted octanol–water partition coefficient (Wildman–Crippen LogP) is 1.23. The number of aldehydes is 1. The van der Waals surface area contributed by atoms with E-state index in [0.717, 1.165) is 0 Å². The van der Waals surface area contributed by atoms with Crippen LogP contribution in [0.4, 0.5) is 8.78 Å². The highest BCUT2D eigenvalue weighted by atomic mass is 19.3. The van der Waals surface area contributed by atoms with Crippen molar-refractivity contribution in [1.29, 1.82) is 0 Å². The summed E-state index contributed by atoms with van der Waals surface area (Å²) in [5.74, 6) is 0. The Morgan fingerprint density at radius 1 is 1.57 bits per heavy atom. The van der Waals surface area contributed by atoms with Gasteiger partial charge in [0.1, 0.15) is 6.29 Å². The van der Waals surface area contributed by atoms with Gasteiger partial charge in [-0.25, -0.2) is 8.78 Å². The minimum Gasteiger partial charge on any atom is -0.303 e. The van der Waals surface area contributed by atoms with Gasteiger partial charge >= 0.3 is 0 Å². The third-order valence-corrected chi connectivity index (χ3v) is 0.503. The largest absolute Gasteiger partial charge is 0.303 e. The van der Waals surface area contributed by atoms with Crippen LogP contribution in [0, 0.1) is 0 Å². The summed E-state index contributed by atoms with van der Waals surface area (Å²) in [7, 11) is 0. The van der Waals surface area contributed by atoms with Crippen LogP contribution >= 0.6 is 0 Å². The van der Waals surface area contributed by atoms with Gasteiger partial charge in [0, 0.05) is 12.8 Å². The number of hydrogen-bond acceptors (Lipinski definition) is 1. The van der Waals surface area contributed by atoms with E-state index in [9.17, 15) is 13.6 Å². The van der Waals surface area contributed by atoms with Gasteiger partial charge < -0.3 is 4.79 Å². The first kappa shape index (κ1) is 6.53. The Kier molecular flexibility index (Phi) is 3.46. The molecule has 0 aliphatic heterocycles. The van der Waals surface area contributed by atoms with Crippen molar-refractivity contribution in [2.45, 2.75) is 19.3 Å². The van der Waals surface area contributed by atoms with E-state index in [1.807, 2.05) is 0 Å². The lowest BCUT2D eigenvalue weighted by Gasteiger charge is -1.87. The van der Waals surface area contributed by atoms with Gasteiger partial charge in [0.25, 0.3) is 0 Å². The maximum atomic E-state index is 11.1. The highest BCUT2D eigenvalue weighted by molar-refractivity contribution is 5.49. The lowest BCUT2D eigenvalue weighted by molar-refractivity contribution is -0.108. The van der Waals surface area contributed by atoms with Crippen molar-refractivity contribution in [3.63, 3.8) is 0 Å². The molecule has 0 saturated carbocycles. The van der Waals surface area contributed by atoms with Crippen molar-refractivity contribution in [3.8, 4) is 0 Å². The first-order valence-corrected chi connectivity index (χ1v) is 1.99. The van der Waals surface area contributed by atoms with Crippen LogP contribution in [0.3, 0.4) is 0 Å². The smallest absolute Gasteiger partial charge is 0.239 e. The third-order valence-electron chi connectivity index (χ3n) is 0.503. The molecule has 0 aliphatic rings. The average molecular weight is 108 g/mol. The average Bonchev–Trinajstić information content (AvgIpc) is 1.61. The Balaban J connectivity index is 2.81. The van der Waals surface area contributed by atoms with Crippen molar-refractivity contribution in [1.82, 2.24) is 0 Å². The second kappa shape index (κ2) is 3.71. The lowest BCUT2D eigenvalue weighted by atomic mass is 10.3. The zero-order valence-electron chi connectivity index (χ0n) is 3.73. The van der Waals surface area contributed by atoms with Gasteiger partial charge in [-0.15, -0.1) is 0 Å². The fourth-order valence-corrected chi connectivity index (χ4v) is 0.194. The quantitative estimate of drug-likeness (QED) is 0.497. The molecule has 0 aliphatic carbocycles. The molecule has 7 heavy (non-hydrogen) atoms. The fraction of sp³-hybridized carbons (Fsp3) is 0.750. The molecule has 0 unspecified atom stereocenters. The summed E-state index contributed by atoms with van der Waals surface area (Å²) in [5.41, 5.74) is 0. The van der Waals surface area contributed by atoms with Crippen molar-refractivity contribution < 1.29 is 13.6 Å². The van der Waals surface area contributed by atoms with Gasteiger partial charge in [-0.2, -0.15) is 0 Å². The molecule has 0 heterocycles. The fourth-order valence-electron chi connectivity index (χ4n) is 0.194. The monoisotopic (exact) mass is 108 g/mol. The van der Waals surface area contributed by atoms with Crippen molar-refractivity contribution >= 4 is 6.29 Å². The Bertz CT molecular complexity index is 53.7. The highest BCUT2D eigenvalue weighted by Gasteiger charge is 1.98. The Hall–Kier alpha value is -0.470. The summed E-state index contributed by atoms with van der Waals surface area (Å²) in [4.78, 5) is 9.38. The molecular weight excluding hydrogens is 102 g/mol. The molecule has 0 amide bonds. The zero-order valence-corrected chi connectivity index (χ0v) is 3.73. The van der Waals surface area contributed by atoms with E-state index in [1.54, 1.807) is 0 Å². The maximum Gasteiger partial charge on any atom is 0.239 e. The Morgan fingerprint density at radius 3 is 2.29 bits per heavy atom. The highest BCUT2D eigenvalue weighted by Crippen LogP contribution is 1.99. The van der Waals surface area contributed by atoms with Crippen LogP contribution in [0.5, 0.6) is 0 Å². The van der Waals surface area contributed by atoms with Crippen LogP contribution in [0.1, 0.15) is 12.8 Å². The molecule has 1 nitrogen and oxygen atoms in total. The van der Waals surface area contributed by atoms with Gasteiger partial charge in [0.05, 0.1) is 0 Å². The number of alkyl halides is 2. The van der Waals surface area contributed by atoms with E-state index >= 15 is 0 Å². The lowest BCUT2D eigenvalue weighted by Crippen LogP contribution is -1.88. The molecule has 42 valence electrons. The summed E-state index contributed by atoms with van der Waals surface area (Å²) in [5, 5.41) is 0. The van der Waals surface area contributed by atoms with E-state index in [2.05, 4.69) is 0 Å². The number of rotatable bonds is 3. The number of carbonyl (C=O) groups excluding carboxylic acids is 1. The molecule has 0 atom stereocenters. The SMILES string of the molecule is O=CCCC(F)F. The molecule has 0 radical (unpaired) electrons. The number of carbonyl (C=O) groups is 1. The van der Waals surface area contributed by atoms with E-state index in [-0.39, 0.29) is 12.8 Å². The summed E-state index contributed by atoms with van der Waals surface area (Å²) >= 11 is 0. The van der Waals surface area contributed by atoms with E-state index in [4.69, 9.17) is 0 Å². The van der Waals surface area contributed by atoms with Gasteiger partial charge in [-0.05, 0) is 0 Å². The van der Waals surface area contributed by atoms with Crippen LogP contribution in [0.25, 0.3) is 0 Å². The topological polar surface area (TPSA) is 17.1 Å². The molecule has 0 rings (SSSR count). The minimum atomic E-state index is -2.33. The van der Waals surface area contributed by atoms with Gasteiger partial charge in [0.2, 0.25) is 6.43 Å². The summed E-state index contributed by atoms with van der Waals surface area (Å²) < 4.78 is 22.1. The third kappa shape index (κ3) is 5.53. The van der Waals surface area contributed by atoms with Gasteiger partial charge in [-0.1, -0.05) is 0 Å². The molecule has 0 spiro atoms. The first-order chi connectivity index (χ1) is 3.27. The van der Waals surface area contributed by atoms with Gasteiger partial charge in [-0.3, -0.25) is 0 Å². The van der Waals surface area contributed by atoms with Crippen LogP contribution in [0.15, 0.2) is 0 Å². The normalized spacial score (nSPS) is 9.57. The minimum absolute atomic E-state index is 0.0301. The summed E-state index contributed by atoms with van der Waals surface area (Å²) in [6, 6.07) is 0. The van der Waals surface area contributed by atoms with Crippen LogP contribution in [-0.2, 0) is 4.79 Å². The molecule has 0 fully saturated rings. The van der Waals surface area contributed by atoms with E-state index < -0.39 is 6.43 Å². The van der Waals surface area contributed by atoms with Crippen LogP contribution < -0.4 is 0 Å². The summed E-state index contributed by atoms with van der Waals surface area (Å²) in [6.07, 6.45) is -2.17. The predicted molar refractivity (Wildman–Crippen MR) is 21.3 cm³/mol. The molecule has 3 heteroatoms. The molecule has 0 aromatic rings. The molecular formula is C4H6F2O. The van der Waals surface area contributed by atoms with Crippen LogP contribution in [-0.4, -0.2) is 12.7 Å². The molecule has 0 aromatic heterocycles. The van der Waals surface area contributed by atoms with E-state index in [0.29, 0.717) is 6.29 Å². The van der Waals surface area contributed by atoms with Crippen molar-refractivity contribution in [2.24, 2.45) is 0 Å². The second-order valence-electron chi connectivity index (χ2n) is 1.14. The van der Waals surface area contributed by atoms with Crippen molar-refractivity contribution in [2.75, 3.05) is 0 Å². The number of hydrogen-bond donors (Lipinski definition) is 0. The molecule has 0 bridgehead atoms. The summed E-state index contributed by atoms with van der Waals surface area (Å²) in [6.45, 7) is 0. The maximum absolute atomic E-state index is 11.1. The zero-order chi connectivity index (χ0) is 5.70. The van der Waals surface area contributed by atoms with Gasteiger partial charge in [0.15, 0.2) is 0 Å². The van der Waals surface area contributed by atoms with Crippen molar-refractivity contribution in [3.05, 3.63) is 0 Å². The standard InChI is InChI=1S/C4H6F2O/c5-4(6)2-1-3-7/h3-4H,1-2H2. The Labute approximate surface area is 40.3 Å². The molecule has 0 aromatic carbocycles.